The van der Waals surface area contributed by atoms with Crippen molar-refractivity contribution in [3.8, 4) is 11.3 Å². The molecule has 7 nitrogen and oxygen atoms in total. The molecular weight excluding hydrogens is 445 g/mol. The monoisotopic (exact) mass is 465 g/mol. The molecule has 1 aliphatic heterocycles. The Morgan fingerprint density at radius 1 is 1.22 bits per heavy atom. The van der Waals surface area contributed by atoms with E-state index in [2.05, 4.69) is 9.98 Å². The van der Waals surface area contributed by atoms with Gasteiger partial charge in [0.25, 0.3) is 5.91 Å². The zero-order chi connectivity index (χ0) is 22.5. The zero-order valence-electron chi connectivity index (χ0n) is 17.2. The molecule has 1 saturated heterocycles. The van der Waals surface area contributed by atoms with Crippen LogP contribution in [-0.2, 0) is 4.79 Å². The number of amides is 1. The average Bonchev–Trinajstić information content (AvgIpc) is 3.38. The van der Waals surface area contributed by atoms with E-state index in [0.29, 0.717) is 39.3 Å². The first-order valence-electron chi connectivity index (χ1n) is 9.80. The third-order valence-electron chi connectivity index (χ3n) is 4.67. The van der Waals surface area contributed by atoms with Crippen LogP contribution in [0.4, 0.5) is 5.69 Å². The van der Waals surface area contributed by atoms with Crippen molar-refractivity contribution >= 4 is 58.9 Å². The predicted molar refractivity (Wildman–Crippen MR) is 131 cm³/mol. The molecule has 4 rings (SSSR count). The minimum Gasteiger partial charge on any atom is -0.457 e. The number of thioether (sulfide) groups is 2. The first kappa shape index (κ1) is 22.4. The van der Waals surface area contributed by atoms with Crippen LogP contribution in [0.3, 0.4) is 0 Å². The van der Waals surface area contributed by atoms with Gasteiger partial charge in [0.15, 0.2) is 5.17 Å². The van der Waals surface area contributed by atoms with Crippen molar-refractivity contribution in [3.05, 3.63) is 71.6 Å². The molecule has 1 aliphatic rings. The first-order chi connectivity index (χ1) is 15.5. The highest BCUT2D eigenvalue weighted by Gasteiger charge is 2.33. The van der Waals surface area contributed by atoms with Crippen molar-refractivity contribution < 1.29 is 19.3 Å². The van der Waals surface area contributed by atoms with Gasteiger partial charge in [-0.05, 0) is 47.7 Å². The summed E-state index contributed by atoms with van der Waals surface area (Å²) in [7, 11) is -1.51. The molecule has 0 bridgehead atoms. The van der Waals surface area contributed by atoms with E-state index in [1.165, 1.54) is 11.8 Å². The summed E-state index contributed by atoms with van der Waals surface area (Å²) in [6.45, 7) is 0.565. The maximum absolute atomic E-state index is 13.0. The number of furan rings is 1. The molecule has 0 radical (unpaired) electrons. The van der Waals surface area contributed by atoms with Crippen molar-refractivity contribution in [2.75, 3.05) is 18.6 Å². The van der Waals surface area contributed by atoms with E-state index in [0.717, 1.165) is 11.3 Å². The summed E-state index contributed by atoms with van der Waals surface area (Å²) < 4.78 is 5.91. The van der Waals surface area contributed by atoms with Gasteiger partial charge in [-0.3, -0.25) is 14.7 Å². The molecule has 0 saturated carbocycles. The molecule has 1 aromatic carbocycles. The summed E-state index contributed by atoms with van der Waals surface area (Å²) in [6.07, 6.45) is 7.06. The lowest BCUT2D eigenvalue weighted by atomic mass is 9.80. The highest BCUT2D eigenvalue weighted by molar-refractivity contribution is 8.18. The fourth-order valence-corrected chi connectivity index (χ4v) is 4.41. The molecule has 1 amide bonds. The average molecular weight is 465 g/mol. The quantitative estimate of drug-likeness (QED) is 0.409. The number of carbonyl (C=O) groups excluding carboxylic acids is 1. The van der Waals surface area contributed by atoms with Gasteiger partial charge in [0.1, 0.15) is 11.5 Å². The number of nitrogens with zero attached hydrogens (tertiary/aromatic N) is 3. The van der Waals surface area contributed by atoms with Gasteiger partial charge in [-0.2, -0.15) is 11.8 Å². The van der Waals surface area contributed by atoms with Gasteiger partial charge in [0, 0.05) is 30.1 Å². The van der Waals surface area contributed by atoms with Crippen molar-refractivity contribution in [2.45, 2.75) is 0 Å². The standard InChI is InChI=1S/C22H20BN3O4S2/c1-31-12-11-26-21(27)20(32-22(26)25-17-3-2-10-24-14-17)13-18-8-9-19(30-18)15-4-6-16(7-5-15)23(28)29/h2-10,13-14,28-29H,11-12H2,1H3/b20-13-,25-22?. The molecule has 0 spiro atoms. The van der Waals surface area contributed by atoms with Gasteiger partial charge in [-0.1, -0.05) is 24.3 Å². The van der Waals surface area contributed by atoms with Gasteiger partial charge in [-0.15, -0.1) is 0 Å². The van der Waals surface area contributed by atoms with Crippen LogP contribution in [0.15, 0.2) is 75.2 Å². The van der Waals surface area contributed by atoms with E-state index in [9.17, 15) is 14.8 Å². The van der Waals surface area contributed by atoms with Crippen LogP contribution < -0.4 is 5.46 Å². The van der Waals surface area contributed by atoms with Crippen LogP contribution in [0.1, 0.15) is 5.76 Å². The summed E-state index contributed by atoms with van der Waals surface area (Å²) in [5, 5.41) is 19.1. The van der Waals surface area contributed by atoms with E-state index in [1.807, 2.05) is 24.5 Å². The Labute approximate surface area is 194 Å². The van der Waals surface area contributed by atoms with Crippen molar-refractivity contribution in [1.82, 2.24) is 9.88 Å². The van der Waals surface area contributed by atoms with Gasteiger partial charge in [-0.25, -0.2) is 4.99 Å². The molecule has 2 aromatic heterocycles. The van der Waals surface area contributed by atoms with Crippen LogP contribution >= 0.6 is 23.5 Å². The van der Waals surface area contributed by atoms with Crippen molar-refractivity contribution in [3.63, 3.8) is 0 Å². The molecule has 0 aliphatic carbocycles. The number of hydrogen-bond donors (Lipinski definition) is 2. The normalized spacial score (nSPS) is 16.3. The minimum absolute atomic E-state index is 0.106. The molecule has 3 aromatic rings. The van der Waals surface area contributed by atoms with Gasteiger partial charge in [0.05, 0.1) is 16.8 Å². The Morgan fingerprint density at radius 2 is 2.03 bits per heavy atom. The molecule has 162 valence electrons. The van der Waals surface area contributed by atoms with Crippen LogP contribution in [0.25, 0.3) is 17.4 Å². The van der Waals surface area contributed by atoms with E-state index in [1.54, 1.807) is 65.5 Å². The summed E-state index contributed by atoms with van der Waals surface area (Å²) in [6, 6.07) is 14.0. The molecule has 32 heavy (non-hydrogen) atoms. The number of carbonyl (C=O) groups is 1. The van der Waals surface area contributed by atoms with Gasteiger partial charge >= 0.3 is 7.12 Å². The Morgan fingerprint density at radius 3 is 2.72 bits per heavy atom. The Hall–Kier alpha value is -2.79. The summed E-state index contributed by atoms with van der Waals surface area (Å²) in [5.74, 6) is 1.87. The third-order valence-corrected chi connectivity index (χ3v) is 6.27. The van der Waals surface area contributed by atoms with E-state index >= 15 is 0 Å². The molecule has 3 heterocycles. The summed E-state index contributed by atoms with van der Waals surface area (Å²) in [5.41, 5.74) is 1.89. The maximum atomic E-state index is 13.0. The Balaban J connectivity index is 1.58. The summed E-state index contributed by atoms with van der Waals surface area (Å²) >= 11 is 2.98. The van der Waals surface area contributed by atoms with Crippen LogP contribution in [0.5, 0.6) is 0 Å². The third kappa shape index (κ3) is 5.16. The number of rotatable bonds is 7. The summed E-state index contributed by atoms with van der Waals surface area (Å²) in [4.78, 5) is 24.0. The largest absolute Gasteiger partial charge is 0.488 e. The predicted octanol–water partition coefficient (Wildman–Crippen LogP) is 2.99. The zero-order valence-corrected chi connectivity index (χ0v) is 18.8. The number of aliphatic imine (C=N–C) groups is 1. The van der Waals surface area contributed by atoms with E-state index in [4.69, 9.17) is 4.42 Å². The Bertz CT molecular complexity index is 1150. The number of hydrogen-bond acceptors (Lipinski definition) is 8. The SMILES string of the molecule is CSCCN1C(=O)/C(=C/c2ccc(-c3ccc(B(O)O)cc3)o2)SC1=Nc1cccnc1. The second-order valence-corrected chi connectivity index (χ2v) is 8.86. The molecule has 1 fully saturated rings. The number of pyridine rings is 1. The van der Waals surface area contributed by atoms with Crippen molar-refractivity contribution in [2.24, 2.45) is 4.99 Å². The van der Waals surface area contributed by atoms with Crippen LogP contribution in [0.2, 0.25) is 0 Å². The number of benzene rings is 1. The molecular formula is C22H20BN3O4S2. The smallest absolute Gasteiger partial charge is 0.457 e. The fraction of sp³-hybridized carbons (Fsp3) is 0.136. The number of aromatic nitrogens is 1. The molecule has 10 heteroatoms. The minimum atomic E-state index is -1.51. The van der Waals surface area contributed by atoms with Crippen LogP contribution in [-0.4, -0.2) is 56.7 Å². The lowest BCUT2D eigenvalue weighted by molar-refractivity contribution is -0.122. The fourth-order valence-electron chi connectivity index (χ4n) is 3.04. The van der Waals surface area contributed by atoms with Gasteiger partial charge < -0.3 is 14.5 Å². The highest BCUT2D eigenvalue weighted by atomic mass is 32.2. The second-order valence-electron chi connectivity index (χ2n) is 6.86. The lowest BCUT2D eigenvalue weighted by Crippen LogP contribution is -2.31. The maximum Gasteiger partial charge on any atom is 0.488 e. The van der Waals surface area contributed by atoms with Crippen molar-refractivity contribution in [1.29, 1.82) is 0 Å². The van der Waals surface area contributed by atoms with E-state index in [-0.39, 0.29) is 5.91 Å². The second kappa shape index (κ2) is 10.2. The topological polar surface area (TPSA) is 99.2 Å². The first-order valence-corrected chi connectivity index (χ1v) is 12.0. The number of amidine groups is 1. The highest BCUT2D eigenvalue weighted by Crippen LogP contribution is 2.35. The molecule has 0 atom stereocenters. The van der Waals surface area contributed by atoms with Gasteiger partial charge in [0.2, 0.25) is 0 Å². The lowest BCUT2D eigenvalue weighted by Gasteiger charge is -2.14. The van der Waals surface area contributed by atoms with E-state index < -0.39 is 7.12 Å². The Kier molecular flexibility index (Phi) is 7.16. The molecule has 2 N–H and O–H groups in total. The molecule has 0 unspecified atom stereocenters. The van der Waals surface area contributed by atoms with Crippen LogP contribution in [0, 0.1) is 0 Å².